The van der Waals surface area contributed by atoms with Crippen molar-refractivity contribution < 1.29 is 9.53 Å². The molecule has 1 aromatic carbocycles. The van der Waals surface area contributed by atoms with Crippen molar-refractivity contribution in [3.63, 3.8) is 0 Å². The van der Waals surface area contributed by atoms with Crippen molar-refractivity contribution >= 4 is 5.91 Å². The zero-order chi connectivity index (χ0) is 11.4. The Bertz CT molecular complexity index is 353. The second kappa shape index (κ2) is 5.12. The summed E-state index contributed by atoms with van der Waals surface area (Å²) < 4.78 is 5.27. The standard InChI is InChI=1S/C13H17NO2/c1-11-3-5-12(6-4-11)9-13(15)14-7-2-8-16-10-14/h3-6H,2,7-10H2,1H3. The zero-order valence-corrected chi connectivity index (χ0v) is 9.61. The van der Waals surface area contributed by atoms with Gasteiger partial charge in [-0.25, -0.2) is 0 Å². The fraction of sp³-hybridized carbons (Fsp3) is 0.462. The smallest absolute Gasteiger partial charge is 0.228 e. The lowest BCUT2D eigenvalue weighted by molar-refractivity contribution is -0.139. The first kappa shape index (κ1) is 11.1. The Labute approximate surface area is 96.0 Å². The Morgan fingerprint density at radius 2 is 2.12 bits per heavy atom. The monoisotopic (exact) mass is 219 g/mol. The van der Waals surface area contributed by atoms with Gasteiger partial charge in [-0.05, 0) is 18.9 Å². The molecule has 0 aliphatic carbocycles. The molecule has 0 N–H and O–H groups in total. The Hall–Kier alpha value is -1.35. The van der Waals surface area contributed by atoms with E-state index >= 15 is 0 Å². The van der Waals surface area contributed by atoms with E-state index in [0.717, 1.165) is 25.1 Å². The van der Waals surface area contributed by atoms with Gasteiger partial charge in [0, 0.05) is 6.54 Å². The van der Waals surface area contributed by atoms with Crippen molar-refractivity contribution in [3.8, 4) is 0 Å². The molecule has 1 aromatic rings. The second-order valence-corrected chi connectivity index (χ2v) is 4.21. The van der Waals surface area contributed by atoms with Crippen LogP contribution in [0.4, 0.5) is 0 Å². The van der Waals surface area contributed by atoms with Gasteiger partial charge in [0.15, 0.2) is 0 Å². The average Bonchev–Trinajstić information content (AvgIpc) is 2.33. The topological polar surface area (TPSA) is 29.5 Å². The van der Waals surface area contributed by atoms with Crippen LogP contribution in [0.2, 0.25) is 0 Å². The summed E-state index contributed by atoms with van der Waals surface area (Å²) >= 11 is 0. The fourth-order valence-corrected chi connectivity index (χ4v) is 1.79. The van der Waals surface area contributed by atoms with Gasteiger partial charge < -0.3 is 9.64 Å². The van der Waals surface area contributed by atoms with Crippen LogP contribution in [0.25, 0.3) is 0 Å². The highest BCUT2D eigenvalue weighted by molar-refractivity contribution is 5.78. The Morgan fingerprint density at radius 1 is 1.38 bits per heavy atom. The number of hydrogen-bond acceptors (Lipinski definition) is 2. The third kappa shape index (κ3) is 2.83. The molecule has 0 bridgehead atoms. The zero-order valence-electron chi connectivity index (χ0n) is 9.61. The van der Waals surface area contributed by atoms with Crippen LogP contribution in [-0.2, 0) is 16.0 Å². The minimum absolute atomic E-state index is 0.156. The van der Waals surface area contributed by atoms with Gasteiger partial charge in [0.2, 0.25) is 5.91 Å². The quantitative estimate of drug-likeness (QED) is 0.758. The van der Waals surface area contributed by atoms with Crippen molar-refractivity contribution in [3.05, 3.63) is 35.4 Å². The van der Waals surface area contributed by atoms with Gasteiger partial charge in [-0.3, -0.25) is 4.79 Å². The summed E-state index contributed by atoms with van der Waals surface area (Å²) in [5.41, 5.74) is 2.29. The first-order valence-electron chi connectivity index (χ1n) is 5.67. The molecule has 16 heavy (non-hydrogen) atoms. The number of carbonyl (C=O) groups is 1. The summed E-state index contributed by atoms with van der Waals surface area (Å²) in [4.78, 5) is 13.7. The van der Waals surface area contributed by atoms with E-state index in [9.17, 15) is 4.79 Å². The molecule has 86 valence electrons. The number of nitrogens with zero attached hydrogens (tertiary/aromatic N) is 1. The van der Waals surface area contributed by atoms with Crippen LogP contribution in [0, 0.1) is 6.92 Å². The summed E-state index contributed by atoms with van der Waals surface area (Å²) in [6.45, 7) is 4.09. The van der Waals surface area contributed by atoms with Crippen LogP contribution < -0.4 is 0 Å². The largest absolute Gasteiger partial charge is 0.361 e. The Morgan fingerprint density at radius 3 is 2.75 bits per heavy atom. The maximum absolute atomic E-state index is 11.9. The van der Waals surface area contributed by atoms with Crippen LogP contribution in [0.5, 0.6) is 0 Å². The van der Waals surface area contributed by atoms with Crippen LogP contribution in [0.15, 0.2) is 24.3 Å². The van der Waals surface area contributed by atoms with E-state index in [2.05, 4.69) is 0 Å². The number of benzene rings is 1. The minimum Gasteiger partial charge on any atom is -0.361 e. The molecule has 0 saturated carbocycles. The molecule has 1 aliphatic heterocycles. The highest BCUT2D eigenvalue weighted by Gasteiger charge is 2.16. The van der Waals surface area contributed by atoms with Crippen molar-refractivity contribution in [1.82, 2.24) is 4.90 Å². The molecule has 0 aromatic heterocycles. The number of aryl methyl sites for hydroxylation is 1. The molecule has 0 spiro atoms. The molecule has 0 unspecified atom stereocenters. The molecule has 1 aliphatic rings. The first-order chi connectivity index (χ1) is 7.75. The molecule has 3 heteroatoms. The van der Waals surface area contributed by atoms with Crippen LogP contribution in [0.1, 0.15) is 17.5 Å². The normalized spacial score (nSPS) is 16.2. The molecule has 1 fully saturated rings. The predicted octanol–water partition coefficient (Wildman–Crippen LogP) is 1.74. The van der Waals surface area contributed by atoms with Crippen molar-refractivity contribution in [2.75, 3.05) is 19.9 Å². The maximum atomic E-state index is 11.9. The van der Waals surface area contributed by atoms with Crippen molar-refractivity contribution in [2.45, 2.75) is 19.8 Å². The lowest BCUT2D eigenvalue weighted by Gasteiger charge is -2.26. The van der Waals surface area contributed by atoms with E-state index in [4.69, 9.17) is 4.74 Å². The maximum Gasteiger partial charge on any atom is 0.228 e. The van der Waals surface area contributed by atoms with E-state index < -0.39 is 0 Å². The molecule has 3 nitrogen and oxygen atoms in total. The molecule has 1 amide bonds. The van der Waals surface area contributed by atoms with Gasteiger partial charge in [0.25, 0.3) is 0 Å². The van der Waals surface area contributed by atoms with Gasteiger partial charge >= 0.3 is 0 Å². The highest BCUT2D eigenvalue weighted by atomic mass is 16.5. The number of carbonyl (C=O) groups excluding carboxylic acids is 1. The van der Waals surface area contributed by atoms with Gasteiger partial charge in [0.1, 0.15) is 6.73 Å². The summed E-state index contributed by atoms with van der Waals surface area (Å²) in [6.07, 6.45) is 1.42. The second-order valence-electron chi connectivity index (χ2n) is 4.21. The average molecular weight is 219 g/mol. The number of amides is 1. The third-order valence-electron chi connectivity index (χ3n) is 2.79. The highest BCUT2D eigenvalue weighted by Crippen LogP contribution is 2.08. The molecular weight excluding hydrogens is 202 g/mol. The number of rotatable bonds is 2. The van der Waals surface area contributed by atoms with Crippen LogP contribution in [-0.4, -0.2) is 30.7 Å². The summed E-state index contributed by atoms with van der Waals surface area (Å²) in [6, 6.07) is 8.10. The molecule has 2 rings (SSSR count). The molecule has 1 heterocycles. The Balaban J connectivity index is 1.93. The SMILES string of the molecule is Cc1ccc(CC(=O)N2CCCOC2)cc1. The number of hydrogen-bond donors (Lipinski definition) is 0. The van der Waals surface area contributed by atoms with E-state index in [1.165, 1.54) is 5.56 Å². The molecular formula is C13H17NO2. The molecule has 0 atom stereocenters. The van der Waals surface area contributed by atoms with E-state index in [1.54, 1.807) is 4.90 Å². The predicted molar refractivity (Wildman–Crippen MR) is 62.0 cm³/mol. The summed E-state index contributed by atoms with van der Waals surface area (Å²) in [5.74, 6) is 0.156. The van der Waals surface area contributed by atoms with Crippen LogP contribution >= 0.6 is 0 Å². The van der Waals surface area contributed by atoms with E-state index in [1.807, 2.05) is 31.2 Å². The number of ether oxygens (including phenoxy) is 1. The van der Waals surface area contributed by atoms with Gasteiger partial charge in [0.05, 0.1) is 13.0 Å². The van der Waals surface area contributed by atoms with Gasteiger partial charge in [-0.1, -0.05) is 29.8 Å². The van der Waals surface area contributed by atoms with Crippen molar-refractivity contribution in [2.24, 2.45) is 0 Å². The van der Waals surface area contributed by atoms with Crippen molar-refractivity contribution in [1.29, 1.82) is 0 Å². The fourth-order valence-electron chi connectivity index (χ4n) is 1.79. The minimum atomic E-state index is 0.156. The molecule has 1 saturated heterocycles. The van der Waals surface area contributed by atoms with E-state index in [0.29, 0.717) is 13.2 Å². The first-order valence-corrected chi connectivity index (χ1v) is 5.67. The van der Waals surface area contributed by atoms with Gasteiger partial charge in [-0.15, -0.1) is 0 Å². The molecule has 0 radical (unpaired) electrons. The third-order valence-corrected chi connectivity index (χ3v) is 2.79. The lowest BCUT2D eigenvalue weighted by Crippen LogP contribution is -2.39. The van der Waals surface area contributed by atoms with Crippen LogP contribution in [0.3, 0.4) is 0 Å². The summed E-state index contributed by atoms with van der Waals surface area (Å²) in [5, 5.41) is 0. The van der Waals surface area contributed by atoms with Gasteiger partial charge in [-0.2, -0.15) is 0 Å². The summed E-state index contributed by atoms with van der Waals surface area (Å²) in [7, 11) is 0. The van der Waals surface area contributed by atoms with E-state index in [-0.39, 0.29) is 5.91 Å². The Kier molecular flexibility index (Phi) is 3.57. The lowest BCUT2D eigenvalue weighted by atomic mass is 10.1.